The molecule has 0 aromatic heterocycles. The predicted molar refractivity (Wildman–Crippen MR) is 55.9 cm³/mol. The summed E-state index contributed by atoms with van der Waals surface area (Å²) in [5.41, 5.74) is 6.22. The molecule has 3 nitrogen and oxygen atoms in total. The Morgan fingerprint density at radius 3 is 2.60 bits per heavy atom. The Labute approximate surface area is 87.7 Å². The maximum absolute atomic E-state index is 12.8. The van der Waals surface area contributed by atoms with Gasteiger partial charge in [0.15, 0.2) is 0 Å². The van der Waals surface area contributed by atoms with Gasteiger partial charge in [0.2, 0.25) is 0 Å². The van der Waals surface area contributed by atoms with E-state index in [0.717, 1.165) is 25.9 Å². The molecule has 0 spiro atoms. The lowest BCUT2D eigenvalue weighted by atomic mass is 10.1. The van der Waals surface area contributed by atoms with Gasteiger partial charge in [0.1, 0.15) is 5.82 Å². The Morgan fingerprint density at radius 1 is 1.33 bits per heavy atom. The van der Waals surface area contributed by atoms with Gasteiger partial charge in [-0.1, -0.05) is 0 Å². The molecule has 4 heteroatoms. The van der Waals surface area contributed by atoms with Crippen LogP contribution < -0.4 is 5.73 Å². The molecule has 0 bridgehead atoms. The fraction of sp³-hybridized carbons (Fsp3) is 0.364. The smallest absolute Gasteiger partial charge is 0.255 e. The van der Waals surface area contributed by atoms with Crippen LogP contribution in [0.1, 0.15) is 23.2 Å². The topological polar surface area (TPSA) is 46.3 Å². The van der Waals surface area contributed by atoms with Crippen molar-refractivity contribution in [2.45, 2.75) is 12.8 Å². The van der Waals surface area contributed by atoms with Gasteiger partial charge in [0.05, 0.1) is 5.56 Å². The van der Waals surface area contributed by atoms with Crippen LogP contribution in [0, 0.1) is 5.82 Å². The SMILES string of the molecule is Nc1cc(F)ccc1C(=O)N1CCCC1. The lowest BCUT2D eigenvalue weighted by Crippen LogP contribution is -2.28. The van der Waals surface area contributed by atoms with E-state index in [0.29, 0.717) is 5.56 Å². The number of benzene rings is 1. The van der Waals surface area contributed by atoms with E-state index in [9.17, 15) is 9.18 Å². The molecule has 80 valence electrons. The summed E-state index contributed by atoms with van der Waals surface area (Å²) in [4.78, 5) is 13.7. The molecule has 0 atom stereocenters. The van der Waals surface area contributed by atoms with Crippen molar-refractivity contribution in [2.75, 3.05) is 18.8 Å². The van der Waals surface area contributed by atoms with Gasteiger partial charge >= 0.3 is 0 Å². The number of nitrogens with zero attached hydrogens (tertiary/aromatic N) is 1. The Kier molecular flexibility index (Phi) is 2.58. The van der Waals surface area contributed by atoms with Crippen LogP contribution in [-0.2, 0) is 0 Å². The second kappa shape index (κ2) is 3.88. The number of hydrogen-bond donors (Lipinski definition) is 1. The van der Waals surface area contributed by atoms with Gasteiger partial charge in [-0.25, -0.2) is 4.39 Å². The molecule has 1 fully saturated rings. The minimum absolute atomic E-state index is 0.0926. The maximum Gasteiger partial charge on any atom is 0.255 e. The number of carbonyl (C=O) groups is 1. The molecule has 1 amide bonds. The highest BCUT2D eigenvalue weighted by Gasteiger charge is 2.21. The number of hydrogen-bond acceptors (Lipinski definition) is 2. The average Bonchev–Trinajstić information content (AvgIpc) is 2.69. The van der Waals surface area contributed by atoms with Gasteiger partial charge in [-0.15, -0.1) is 0 Å². The Balaban J connectivity index is 2.24. The third-order valence-electron chi connectivity index (χ3n) is 2.64. The number of halogens is 1. The van der Waals surface area contributed by atoms with E-state index in [1.54, 1.807) is 4.90 Å². The van der Waals surface area contributed by atoms with Crippen molar-refractivity contribution in [2.24, 2.45) is 0 Å². The third kappa shape index (κ3) is 1.93. The molecule has 1 aromatic carbocycles. The first-order chi connectivity index (χ1) is 7.18. The molecule has 1 heterocycles. The van der Waals surface area contributed by atoms with Crippen LogP contribution in [0.3, 0.4) is 0 Å². The van der Waals surface area contributed by atoms with Crippen molar-refractivity contribution < 1.29 is 9.18 Å². The molecule has 0 saturated carbocycles. The second-order valence-electron chi connectivity index (χ2n) is 3.73. The summed E-state index contributed by atoms with van der Waals surface area (Å²) in [5.74, 6) is -0.504. The molecule has 1 aliphatic heterocycles. The maximum atomic E-state index is 12.8. The molecular formula is C11H13FN2O. The molecule has 1 aromatic rings. The summed E-state index contributed by atoms with van der Waals surface area (Å²) in [5, 5.41) is 0. The van der Waals surface area contributed by atoms with E-state index in [1.165, 1.54) is 18.2 Å². The van der Waals surface area contributed by atoms with E-state index < -0.39 is 5.82 Å². The monoisotopic (exact) mass is 208 g/mol. The van der Waals surface area contributed by atoms with Gasteiger partial charge < -0.3 is 10.6 Å². The van der Waals surface area contributed by atoms with Gasteiger partial charge in [-0.2, -0.15) is 0 Å². The van der Waals surface area contributed by atoms with Crippen molar-refractivity contribution in [3.05, 3.63) is 29.6 Å². The standard InChI is InChI=1S/C11H13FN2O/c12-8-3-4-9(10(13)7-8)11(15)14-5-1-2-6-14/h3-4,7H,1-2,5-6,13H2. The van der Waals surface area contributed by atoms with Crippen LogP contribution >= 0.6 is 0 Å². The zero-order chi connectivity index (χ0) is 10.8. The van der Waals surface area contributed by atoms with Crippen molar-refractivity contribution in [3.8, 4) is 0 Å². The summed E-state index contributed by atoms with van der Waals surface area (Å²) in [7, 11) is 0. The van der Waals surface area contributed by atoms with Crippen molar-refractivity contribution in [1.82, 2.24) is 4.90 Å². The molecule has 0 aliphatic carbocycles. The molecule has 15 heavy (non-hydrogen) atoms. The van der Waals surface area contributed by atoms with E-state index in [-0.39, 0.29) is 11.6 Å². The highest BCUT2D eigenvalue weighted by atomic mass is 19.1. The van der Waals surface area contributed by atoms with Gasteiger partial charge in [0.25, 0.3) is 5.91 Å². The lowest BCUT2D eigenvalue weighted by molar-refractivity contribution is 0.0794. The molecule has 2 N–H and O–H groups in total. The first kappa shape index (κ1) is 9.96. The molecule has 2 rings (SSSR count). The minimum atomic E-state index is -0.412. The third-order valence-corrected chi connectivity index (χ3v) is 2.64. The minimum Gasteiger partial charge on any atom is -0.398 e. The number of carbonyl (C=O) groups excluding carboxylic acids is 1. The molecular weight excluding hydrogens is 195 g/mol. The summed E-state index contributed by atoms with van der Waals surface area (Å²) in [6, 6.07) is 3.90. The van der Waals surface area contributed by atoms with E-state index in [1.807, 2.05) is 0 Å². The fourth-order valence-corrected chi connectivity index (χ4v) is 1.82. The molecule has 0 radical (unpaired) electrons. The summed E-state index contributed by atoms with van der Waals surface area (Å²) in [6.45, 7) is 1.55. The zero-order valence-electron chi connectivity index (χ0n) is 8.37. The summed E-state index contributed by atoms with van der Waals surface area (Å²) in [6.07, 6.45) is 2.07. The quantitative estimate of drug-likeness (QED) is 0.713. The van der Waals surface area contributed by atoms with Crippen LogP contribution in [-0.4, -0.2) is 23.9 Å². The van der Waals surface area contributed by atoms with E-state index in [4.69, 9.17) is 5.73 Å². The normalized spacial score (nSPS) is 15.7. The average molecular weight is 208 g/mol. The van der Waals surface area contributed by atoms with Gasteiger partial charge in [-0.3, -0.25) is 4.79 Å². The lowest BCUT2D eigenvalue weighted by Gasteiger charge is -2.16. The van der Waals surface area contributed by atoms with Crippen LogP contribution in [0.5, 0.6) is 0 Å². The van der Waals surface area contributed by atoms with E-state index >= 15 is 0 Å². The largest absolute Gasteiger partial charge is 0.398 e. The van der Waals surface area contributed by atoms with Crippen LogP contribution in [0.15, 0.2) is 18.2 Å². The summed E-state index contributed by atoms with van der Waals surface area (Å²) < 4.78 is 12.8. The van der Waals surface area contributed by atoms with Gasteiger partial charge in [-0.05, 0) is 31.0 Å². The number of nitrogen functional groups attached to an aromatic ring is 1. The van der Waals surface area contributed by atoms with E-state index in [2.05, 4.69) is 0 Å². The van der Waals surface area contributed by atoms with Crippen molar-refractivity contribution in [1.29, 1.82) is 0 Å². The number of rotatable bonds is 1. The molecule has 0 unspecified atom stereocenters. The second-order valence-corrected chi connectivity index (χ2v) is 3.73. The Morgan fingerprint density at radius 2 is 2.00 bits per heavy atom. The number of amides is 1. The van der Waals surface area contributed by atoms with Crippen LogP contribution in [0.25, 0.3) is 0 Å². The Bertz CT molecular complexity index is 386. The van der Waals surface area contributed by atoms with Gasteiger partial charge in [0, 0.05) is 18.8 Å². The fourth-order valence-electron chi connectivity index (χ4n) is 1.82. The summed E-state index contributed by atoms with van der Waals surface area (Å²) >= 11 is 0. The zero-order valence-corrected chi connectivity index (χ0v) is 8.37. The van der Waals surface area contributed by atoms with Crippen molar-refractivity contribution >= 4 is 11.6 Å². The van der Waals surface area contributed by atoms with Crippen LogP contribution in [0.4, 0.5) is 10.1 Å². The molecule has 1 saturated heterocycles. The highest BCUT2D eigenvalue weighted by molar-refractivity contribution is 5.99. The highest BCUT2D eigenvalue weighted by Crippen LogP contribution is 2.18. The number of nitrogens with two attached hydrogens (primary N) is 1. The number of likely N-dealkylation sites (tertiary alicyclic amines) is 1. The predicted octanol–water partition coefficient (Wildman–Crippen LogP) is 1.64. The first-order valence-electron chi connectivity index (χ1n) is 5.03. The Hall–Kier alpha value is -1.58. The number of anilines is 1. The molecule has 1 aliphatic rings. The van der Waals surface area contributed by atoms with Crippen LogP contribution in [0.2, 0.25) is 0 Å². The first-order valence-corrected chi connectivity index (χ1v) is 5.03. The van der Waals surface area contributed by atoms with Crippen molar-refractivity contribution in [3.63, 3.8) is 0 Å².